The number of nitrogens with zero attached hydrogens (tertiary/aromatic N) is 2. The van der Waals surface area contributed by atoms with E-state index in [9.17, 15) is 24.0 Å². The van der Waals surface area contributed by atoms with Crippen LogP contribution in [0.5, 0.6) is 0 Å². The molecule has 0 saturated carbocycles. The third-order valence-corrected chi connectivity index (χ3v) is 7.90. The first kappa shape index (κ1) is 34.5. The summed E-state index contributed by atoms with van der Waals surface area (Å²) in [7, 11) is 1.71. The first-order valence-electron chi connectivity index (χ1n) is 15.2. The van der Waals surface area contributed by atoms with E-state index in [4.69, 9.17) is 0 Å². The zero-order valence-corrected chi connectivity index (χ0v) is 26.8. The molecule has 0 aromatic carbocycles. The number of carbonyl (C=O) groups excluding carboxylic acids is 5. The van der Waals surface area contributed by atoms with Crippen molar-refractivity contribution in [2.75, 3.05) is 20.1 Å². The van der Waals surface area contributed by atoms with Gasteiger partial charge in [-0.25, -0.2) is 0 Å². The summed E-state index contributed by atoms with van der Waals surface area (Å²) >= 11 is 0. The highest BCUT2D eigenvalue weighted by Crippen LogP contribution is 2.27. The summed E-state index contributed by atoms with van der Waals surface area (Å²) in [6.07, 6.45) is 2.50. The molecule has 0 unspecified atom stereocenters. The van der Waals surface area contributed by atoms with Crippen LogP contribution in [0, 0.1) is 17.8 Å². The van der Waals surface area contributed by atoms with Crippen molar-refractivity contribution in [2.24, 2.45) is 17.8 Å². The molecule has 5 amide bonds. The van der Waals surface area contributed by atoms with Crippen molar-refractivity contribution in [1.29, 1.82) is 0 Å². The van der Waals surface area contributed by atoms with E-state index in [1.807, 2.05) is 62.3 Å². The third kappa shape index (κ3) is 8.90. The number of nitrogens with one attached hydrogen (secondary N) is 4. The second kappa shape index (κ2) is 14.5. The van der Waals surface area contributed by atoms with Crippen LogP contribution in [0.1, 0.15) is 88.0 Å². The van der Waals surface area contributed by atoms with E-state index in [0.717, 1.165) is 6.42 Å². The summed E-state index contributed by atoms with van der Waals surface area (Å²) in [5.41, 5.74) is -0.414. The van der Waals surface area contributed by atoms with Gasteiger partial charge in [0.25, 0.3) is 0 Å². The van der Waals surface area contributed by atoms with Gasteiger partial charge in [-0.2, -0.15) is 0 Å². The van der Waals surface area contributed by atoms with E-state index in [1.165, 1.54) is 0 Å². The Morgan fingerprint density at radius 2 is 1.15 bits per heavy atom. The summed E-state index contributed by atoms with van der Waals surface area (Å²) in [6, 6.07) is -3.37. The second-order valence-corrected chi connectivity index (χ2v) is 13.6. The largest absolute Gasteiger partial charge is 0.350 e. The molecule has 0 aliphatic carbocycles. The maximum Gasteiger partial charge on any atom is 0.246 e. The number of likely N-dealkylation sites (tertiary alicyclic amines) is 2. The minimum Gasteiger partial charge on any atom is -0.350 e. The Kier molecular flexibility index (Phi) is 12.2. The molecule has 4 N–H and O–H groups in total. The van der Waals surface area contributed by atoms with Crippen molar-refractivity contribution in [2.45, 2.75) is 124 Å². The van der Waals surface area contributed by atoms with Gasteiger partial charge in [0.1, 0.15) is 24.2 Å². The van der Waals surface area contributed by atoms with E-state index in [0.29, 0.717) is 32.4 Å². The molecule has 234 valence electrons. The Morgan fingerprint density at radius 3 is 1.63 bits per heavy atom. The van der Waals surface area contributed by atoms with Crippen LogP contribution in [0.15, 0.2) is 0 Å². The molecular weight excluding hydrogens is 524 g/mol. The molecule has 2 fully saturated rings. The van der Waals surface area contributed by atoms with Crippen LogP contribution in [0.25, 0.3) is 0 Å². The minimum atomic E-state index is -0.863. The van der Waals surface area contributed by atoms with E-state index in [-0.39, 0.29) is 41.4 Å². The number of rotatable bonds is 11. The van der Waals surface area contributed by atoms with Crippen LogP contribution in [-0.2, 0) is 24.0 Å². The van der Waals surface area contributed by atoms with Crippen LogP contribution in [0.3, 0.4) is 0 Å². The van der Waals surface area contributed by atoms with Gasteiger partial charge in [-0.1, -0.05) is 41.5 Å². The first-order valence-corrected chi connectivity index (χ1v) is 15.2. The minimum absolute atomic E-state index is 0.0280. The molecule has 0 aromatic rings. The van der Waals surface area contributed by atoms with Crippen molar-refractivity contribution < 1.29 is 24.0 Å². The summed E-state index contributed by atoms with van der Waals surface area (Å²) in [4.78, 5) is 70.1. The molecule has 2 saturated heterocycles. The van der Waals surface area contributed by atoms with Crippen molar-refractivity contribution in [1.82, 2.24) is 31.1 Å². The lowest BCUT2D eigenvalue weighted by Gasteiger charge is -2.35. The molecule has 2 rings (SSSR count). The summed E-state index contributed by atoms with van der Waals surface area (Å²) in [6.45, 7) is 17.8. The molecule has 0 aromatic heterocycles. The molecule has 0 bridgehead atoms. The zero-order chi connectivity index (χ0) is 31.2. The van der Waals surface area contributed by atoms with Gasteiger partial charge in [0.15, 0.2) is 0 Å². The quantitative estimate of drug-likeness (QED) is 0.292. The number of amides is 5. The predicted molar refractivity (Wildman–Crippen MR) is 159 cm³/mol. The van der Waals surface area contributed by atoms with Crippen molar-refractivity contribution in [3.63, 3.8) is 0 Å². The highest BCUT2D eigenvalue weighted by Gasteiger charge is 2.44. The molecule has 0 spiro atoms. The average molecular weight is 579 g/mol. The van der Waals surface area contributed by atoms with E-state index < -0.39 is 41.7 Å². The zero-order valence-electron chi connectivity index (χ0n) is 26.8. The van der Waals surface area contributed by atoms with Crippen molar-refractivity contribution in [3.8, 4) is 0 Å². The van der Waals surface area contributed by atoms with Crippen LogP contribution in [0.2, 0.25) is 0 Å². The molecule has 5 atom stereocenters. The summed E-state index contributed by atoms with van der Waals surface area (Å²) in [5, 5.41) is 11.7. The fourth-order valence-electron chi connectivity index (χ4n) is 5.72. The predicted octanol–water partition coefficient (Wildman–Crippen LogP) is 1.41. The lowest BCUT2D eigenvalue weighted by Crippen LogP contribution is -2.61. The van der Waals surface area contributed by atoms with Gasteiger partial charge < -0.3 is 31.1 Å². The van der Waals surface area contributed by atoms with Crippen LogP contribution in [-0.4, -0.2) is 95.2 Å². The highest BCUT2D eigenvalue weighted by molar-refractivity contribution is 5.96. The highest BCUT2D eigenvalue weighted by atomic mass is 16.2. The van der Waals surface area contributed by atoms with E-state index >= 15 is 0 Å². The monoisotopic (exact) mass is 578 g/mol. The molecule has 2 aliphatic rings. The van der Waals surface area contributed by atoms with Gasteiger partial charge in [-0.3, -0.25) is 24.0 Å². The summed E-state index contributed by atoms with van der Waals surface area (Å²) < 4.78 is 0. The molecule has 11 heteroatoms. The smallest absolute Gasteiger partial charge is 0.246 e. The number of likely N-dealkylation sites (N-methyl/N-ethyl adjacent to an activating group) is 1. The fourth-order valence-corrected chi connectivity index (χ4v) is 5.72. The third-order valence-electron chi connectivity index (χ3n) is 7.90. The number of hydrogen-bond acceptors (Lipinski definition) is 6. The number of carbonyl (C=O) groups is 5. The number of hydrogen-bond donors (Lipinski definition) is 4. The van der Waals surface area contributed by atoms with Gasteiger partial charge in [0.05, 0.1) is 6.04 Å². The van der Waals surface area contributed by atoms with Gasteiger partial charge >= 0.3 is 0 Å². The average Bonchev–Trinajstić information content (AvgIpc) is 3.54. The first-order chi connectivity index (χ1) is 19.0. The molecule has 2 aliphatic heterocycles. The maximum absolute atomic E-state index is 13.9. The lowest BCUT2D eigenvalue weighted by atomic mass is 9.97. The Morgan fingerprint density at radius 1 is 0.683 bits per heavy atom. The van der Waals surface area contributed by atoms with E-state index in [2.05, 4.69) is 21.3 Å². The molecule has 0 radical (unpaired) electrons. The molecular formula is C30H54N6O5. The molecule has 2 heterocycles. The van der Waals surface area contributed by atoms with Crippen LogP contribution in [0.4, 0.5) is 0 Å². The molecule has 11 nitrogen and oxygen atoms in total. The second-order valence-electron chi connectivity index (χ2n) is 13.6. The SMILES string of the molecule is CN[C@H](C(=O)N[C@H](C(=O)N[C@H](C(=O)N1CCC[C@H]1C(=O)N1CCC[C@H]1C(=O)NC(C)(C)C)C(C)C)C(C)C)C(C)C. The topological polar surface area (TPSA) is 140 Å². The van der Waals surface area contributed by atoms with Crippen LogP contribution < -0.4 is 21.3 Å². The van der Waals surface area contributed by atoms with Crippen molar-refractivity contribution in [3.05, 3.63) is 0 Å². The fraction of sp³-hybridized carbons (Fsp3) is 0.833. The Bertz CT molecular complexity index is 960. The van der Waals surface area contributed by atoms with Gasteiger partial charge in [-0.15, -0.1) is 0 Å². The van der Waals surface area contributed by atoms with Gasteiger partial charge in [0, 0.05) is 18.6 Å². The Labute approximate surface area is 246 Å². The summed E-state index contributed by atoms with van der Waals surface area (Å²) in [5.74, 6) is -1.84. The van der Waals surface area contributed by atoms with E-state index in [1.54, 1.807) is 16.8 Å². The normalized spacial score (nSPS) is 21.7. The Balaban J connectivity index is 2.19. The van der Waals surface area contributed by atoms with Gasteiger partial charge in [-0.05, 0) is 71.3 Å². The molecule has 41 heavy (non-hydrogen) atoms. The Hall–Kier alpha value is -2.69. The van der Waals surface area contributed by atoms with Gasteiger partial charge in [0.2, 0.25) is 29.5 Å². The lowest BCUT2D eigenvalue weighted by molar-refractivity contribution is -0.148. The van der Waals surface area contributed by atoms with Crippen molar-refractivity contribution >= 4 is 29.5 Å². The maximum atomic E-state index is 13.9. The standard InChI is InChI=1S/C30H54N6O5/c1-17(2)22(31-10)26(38)32-23(18(3)4)27(39)33-24(19(5)6)29(41)36-16-12-14-21(36)28(40)35-15-11-13-20(35)25(37)34-30(7,8)9/h17-24,31H,11-16H2,1-10H3,(H,32,38)(H,33,39)(H,34,37)/t20-,21-,22-,23-,24-/m0/s1. The van der Waals surface area contributed by atoms with Crippen LogP contribution >= 0.6 is 0 Å².